The predicted molar refractivity (Wildman–Crippen MR) is 83.0 cm³/mol. The van der Waals surface area contributed by atoms with Gasteiger partial charge in [0, 0.05) is 9.89 Å². The summed E-state index contributed by atoms with van der Waals surface area (Å²) in [7, 11) is 2.16. The van der Waals surface area contributed by atoms with Gasteiger partial charge >= 0.3 is 0 Å². The van der Waals surface area contributed by atoms with Crippen molar-refractivity contribution in [2.45, 2.75) is 26.1 Å². The van der Waals surface area contributed by atoms with Crippen LogP contribution < -0.4 is 5.46 Å². The van der Waals surface area contributed by atoms with Crippen molar-refractivity contribution >= 4 is 28.7 Å². The summed E-state index contributed by atoms with van der Waals surface area (Å²) in [4.78, 5) is 0. The van der Waals surface area contributed by atoms with Crippen LogP contribution >= 0.6 is 15.9 Å². The van der Waals surface area contributed by atoms with E-state index in [-0.39, 0.29) is 5.41 Å². The third-order valence-corrected chi connectivity index (χ3v) is 4.49. The summed E-state index contributed by atoms with van der Waals surface area (Å²) < 4.78 is 1.16. The molecule has 0 saturated carbocycles. The van der Waals surface area contributed by atoms with Crippen molar-refractivity contribution in [3.05, 3.63) is 52.0 Å². The molecule has 1 radical (unpaired) electrons. The second-order valence-corrected chi connectivity index (χ2v) is 6.32. The van der Waals surface area contributed by atoms with E-state index in [4.69, 9.17) is 0 Å². The van der Waals surface area contributed by atoms with Crippen LogP contribution in [0.2, 0.25) is 6.82 Å². The number of hydrogen-bond acceptors (Lipinski definition) is 0. The summed E-state index contributed by atoms with van der Waals surface area (Å²) in [5.41, 5.74) is 7.00. The third-order valence-electron chi connectivity index (χ3n) is 4.00. The van der Waals surface area contributed by atoms with Crippen molar-refractivity contribution in [2.75, 3.05) is 0 Å². The minimum Gasteiger partial charge on any atom is -0.0878 e. The van der Waals surface area contributed by atoms with Crippen molar-refractivity contribution < 1.29 is 0 Å². The molecular weight excluding hydrogens is 283 g/mol. The van der Waals surface area contributed by atoms with Crippen LogP contribution in [0.1, 0.15) is 25.0 Å². The fourth-order valence-corrected chi connectivity index (χ4v) is 3.27. The summed E-state index contributed by atoms with van der Waals surface area (Å²) in [6.07, 6.45) is 0. The second kappa shape index (κ2) is 3.99. The van der Waals surface area contributed by atoms with E-state index in [1.807, 2.05) is 0 Å². The molecule has 18 heavy (non-hydrogen) atoms. The van der Waals surface area contributed by atoms with E-state index in [0.29, 0.717) is 0 Å². The Morgan fingerprint density at radius 2 is 1.56 bits per heavy atom. The first kappa shape index (κ1) is 12.0. The van der Waals surface area contributed by atoms with Crippen LogP contribution in [0.15, 0.2) is 40.9 Å². The zero-order chi connectivity index (χ0) is 12.9. The van der Waals surface area contributed by atoms with Gasteiger partial charge in [0.1, 0.15) is 7.28 Å². The van der Waals surface area contributed by atoms with Crippen LogP contribution in [0.3, 0.4) is 0 Å². The number of fused-ring (bicyclic) bond motifs is 3. The summed E-state index contributed by atoms with van der Waals surface area (Å²) >= 11 is 3.58. The molecule has 0 heterocycles. The second-order valence-electron chi connectivity index (χ2n) is 5.41. The van der Waals surface area contributed by atoms with Crippen molar-refractivity contribution in [1.29, 1.82) is 0 Å². The summed E-state index contributed by atoms with van der Waals surface area (Å²) in [6.45, 7) is 6.71. The SMILES string of the molecule is C[B]c1ccc2c(c1)C(C)(C)c1cc(Br)ccc1-2. The van der Waals surface area contributed by atoms with Gasteiger partial charge in [-0.25, -0.2) is 0 Å². The number of hydrogen-bond donors (Lipinski definition) is 0. The molecule has 0 N–H and O–H groups in total. The first-order valence-corrected chi connectivity index (χ1v) is 7.07. The molecule has 0 spiro atoms. The minimum absolute atomic E-state index is 0.0907. The Bertz CT molecular complexity index is 629. The van der Waals surface area contributed by atoms with Gasteiger partial charge in [0.2, 0.25) is 0 Å². The molecule has 0 amide bonds. The largest absolute Gasteiger partial charge is 0.148 e. The van der Waals surface area contributed by atoms with E-state index >= 15 is 0 Å². The lowest BCUT2D eigenvalue weighted by Crippen LogP contribution is -2.19. The van der Waals surface area contributed by atoms with E-state index in [1.54, 1.807) is 0 Å². The quantitative estimate of drug-likeness (QED) is 0.694. The Balaban J connectivity index is 2.31. The Kier molecular flexibility index (Phi) is 2.67. The topological polar surface area (TPSA) is 0 Å². The molecule has 0 bridgehead atoms. The predicted octanol–water partition coefficient (Wildman–Crippen LogP) is 4.13. The van der Waals surface area contributed by atoms with Crippen molar-refractivity contribution in [3.63, 3.8) is 0 Å². The van der Waals surface area contributed by atoms with E-state index < -0.39 is 0 Å². The van der Waals surface area contributed by atoms with Crippen molar-refractivity contribution in [2.24, 2.45) is 0 Å². The van der Waals surface area contributed by atoms with Gasteiger partial charge in [-0.3, -0.25) is 0 Å². The van der Waals surface area contributed by atoms with Gasteiger partial charge in [-0.2, -0.15) is 0 Å². The van der Waals surface area contributed by atoms with Crippen molar-refractivity contribution in [3.8, 4) is 11.1 Å². The van der Waals surface area contributed by atoms with Gasteiger partial charge in [0.25, 0.3) is 0 Å². The molecule has 0 unspecified atom stereocenters. The fourth-order valence-electron chi connectivity index (χ4n) is 2.91. The molecule has 0 fully saturated rings. The van der Waals surface area contributed by atoms with E-state index in [0.717, 1.165) is 4.47 Å². The van der Waals surface area contributed by atoms with Crippen molar-refractivity contribution in [1.82, 2.24) is 0 Å². The fraction of sp³-hybridized carbons (Fsp3) is 0.250. The first-order chi connectivity index (χ1) is 8.54. The zero-order valence-corrected chi connectivity index (χ0v) is 12.5. The standard InChI is InChI=1S/C16H15BBr/c1-16(2)14-8-10(17-3)4-6-12(14)13-7-5-11(18)9-15(13)16/h4-9H,1-3H3. The highest BCUT2D eigenvalue weighted by molar-refractivity contribution is 9.10. The molecule has 2 aromatic rings. The maximum absolute atomic E-state index is 3.58. The van der Waals surface area contributed by atoms with Gasteiger partial charge in [0.15, 0.2) is 0 Å². The average molecular weight is 298 g/mol. The third kappa shape index (κ3) is 1.59. The van der Waals surface area contributed by atoms with Crippen LogP contribution in [0, 0.1) is 0 Å². The summed E-state index contributed by atoms with van der Waals surface area (Å²) in [5.74, 6) is 0. The Labute approximate surface area is 118 Å². The molecule has 0 nitrogen and oxygen atoms in total. The maximum Gasteiger partial charge on any atom is 0.148 e. The normalized spacial score (nSPS) is 15.1. The Morgan fingerprint density at radius 1 is 0.944 bits per heavy atom. The van der Waals surface area contributed by atoms with Gasteiger partial charge in [-0.05, 0) is 34.4 Å². The Morgan fingerprint density at radius 3 is 2.22 bits per heavy atom. The molecule has 0 saturated heterocycles. The summed E-state index contributed by atoms with van der Waals surface area (Å²) in [5, 5.41) is 0. The molecule has 1 aliphatic carbocycles. The molecule has 0 aromatic heterocycles. The highest BCUT2D eigenvalue weighted by atomic mass is 79.9. The lowest BCUT2D eigenvalue weighted by Gasteiger charge is -2.22. The molecule has 3 rings (SSSR count). The minimum atomic E-state index is 0.0907. The molecule has 89 valence electrons. The van der Waals surface area contributed by atoms with Gasteiger partial charge in [-0.15, -0.1) is 0 Å². The van der Waals surface area contributed by atoms with E-state index in [1.165, 1.54) is 27.7 Å². The Hall–Kier alpha value is -1.02. The van der Waals surface area contributed by atoms with Crippen LogP contribution in [0.4, 0.5) is 0 Å². The monoisotopic (exact) mass is 297 g/mol. The highest BCUT2D eigenvalue weighted by Crippen LogP contribution is 2.48. The molecular formula is C16H15BBr. The number of benzene rings is 2. The molecule has 0 atom stereocenters. The van der Waals surface area contributed by atoms with Crippen LogP contribution in [-0.2, 0) is 5.41 Å². The molecule has 1 aliphatic rings. The van der Waals surface area contributed by atoms with Crippen LogP contribution in [0.25, 0.3) is 11.1 Å². The number of halogens is 1. The van der Waals surface area contributed by atoms with Crippen LogP contribution in [-0.4, -0.2) is 7.28 Å². The number of rotatable bonds is 1. The first-order valence-electron chi connectivity index (χ1n) is 6.28. The lowest BCUT2D eigenvalue weighted by molar-refractivity contribution is 0.660. The molecule has 2 aromatic carbocycles. The maximum atomic E-state index is 3.58. The molecule has 2 heteroatoms. The lowest BCUT2D eigenvalue weighted by atomic mass is 9.71. The smallest absolute Gasteiger partial charge is 0.0878 e. The highest BCUT2D eigenvalue weighted by Gasteiger charge is 2.35. The van der Waals surface area contributed by atoms with Gasteiger partial charge < -0.3 is 0 Å². The average Bonchev–Trinajstić information content (AvgIpc) is 2.58. The van der Waals surface area contributed by atoms with E-state index in [9.17, 15) is 0 Å². The van der Waals surface area contributed by atoms with Crippen LogP contribution in [0.5, 0.6) is 0 Å². The van der Waals surface area contributed by atoms with Gasteiger partial charge in [0.05, 0.1) is 0 Å². The molecule has 0 aliphatic heterocycles. The zero-order valence-electron chi connectivity index (χ0n) is 10.9. The van der Waals surface area contributed by atoms with Gasteiger partial charge in [-0.1, -0.05) is 66.3 Å². The van der Waals surface area contributed by atoms with E-state index in [2.05, 4.69) is 80.3 Å². The summed E-state index contributed by atoms with van der Waals surface area (Å²) in [6, 6.07) is 13.4.